The van der Waals surface area contributed by atoms with Crippen LogP contribution in [0.1, 0.15) is 56.3 Å². The summed E-state index contributed by atoms with van der Waals surface area (Å²) in [7, 11) is 1.76. The smallest absolute Gasteiger partial charge is 0.323 e. The number of nitrogens with one attached hydrogen (secondary N) is 3. The van der Waals surface area contributed by atoms with Crippen LogP contribution in [0, 0.1) is 5.92 Å². The van der Waals surface area contributed by atoms with Crippen molar-refractivity contribution in [2.45, 2.75) is 64.1 Å². The molecule has 4 rings (SSSR count). The van der Waals surface area contributed by atoms with Gasteiger partial charge in [0.15, 0.2) is 0 Å². The molecule has 40 heavy (non-hydrogen) atoms. The molecule has 2 aromatic rings. The minimum Gasteiger partial charge on any atom is -0.487 e. The van der Waals surface area contributed by atoms with Crippen LogP contribution in [0.25, 0.3) is 0 Å². The lowest BCUT2D eigenvalue weighted by Gasteiger charge is -2.38. The fraction of sp³-hybridized carbons (Fsp3) is 0.500. The van der Waals surface area contributed by atoms with Crippen molar-refractivity contribution in [3.63, 3.8) is 0 Å². The second-order valence-corrected chi connectivity index (χ2v) is 10.9. The summed E-state index contributed by atoms with van der Waals surface area (Å²) < 4.78 is 6.39. The Hall–Kier alpha value is -3.79. The molecule has 1 fully saturated rings. The zero-order chi connectivity index (χ0) is 28.6. The molecule has 216 valence electrons. The lowest BCUT2D eigenvalue weighted by molar-refractivity contribution is 0.0366. The fourth-order valence-corrected chi connectivity index (χ4v) is 5.22. The predicted octanol–water partition coefficient (Wildman–Crippen LogP) is 4.52. The van der Waals surface area contributed by atoms with Gasteiger partial charge in [0, 0.05) is 36.9 Å². The van der Waals surface area contributed by atoms with Gasteiger partial charge in [-0.2, -0.15) is 0 Å². The summed E-state index contributed by atoms with van der Waals surface area (Å²) in [5.74, 6) is -0.0466. The number of anilines is 2. The van der Waals surface area contributed by atoms with Gasteiger partial charge in [-0.1, -0.05) is 44.4 Å². The molecule has 3 atom stereocenters. The summed E-state index contributed by atoms with van der Waals surface area (Å²) in [6.07, 6.45) is 5.07. The predicted molar refractivity (Wildman–Crippen MR) is 155 cm³/mol. The van der Waals surface area contributed by atoms with Gasteiger partial charge in [0.2, 0.25) is 0 Å². The highest BCUT2D eigenvalue weighted by Crippen LogP contribution is 2.31. The van der Waals surface area contributed by atoms with Gasteiger partial charge in [-0.3, -0.25) is 4.79 Å². The number of hydrogen-bond donors (Lipinski definition) is 4. The molecule has 2 aliphatic rings. The highest BCUT2D eigenvalue weighted by Gasteiger charge is 2.34. The number of para-hydroxylation sites is 1. The van der Waals surface area contributed by atoms with E-state index in [4.69, 9.17) is 4.74 Å². The first-order valence-corrected chi connectivity index (χ1v) is 14.1. The molecule has 1 aliphatic heterocycles. The number of fused-ring (bicyclic) bond motifs is 1. The van der Waals surface area contributed by atoms with Crippen LogP contribution in [0.15, 0.2) is 48.5 Å². The van der Waals surface area contributed by atoms with E-state index in [0.717, 1.165) is 25.7 Å². The van der Waals surface area contributed by atoms with E-state index < -0.39 is 18.2 Å². The van der Waals surface area contributed by atoms with Crippen molar-refractivity contribution in [3.05, 3.63) is 54.1 Å². The van der Waals surface area contributed by atoms with E-state index in [1.165, 1.54) is 6.42 Å². The Labute approximate surface area is 236 Å². The second-order valence-electron chi connectivity index (χ2n) is 10.9. The Bertz CT molecular complexity index is 1170. The first-order valence-electron chi connectivity index (χ1n) is 14.1. The Morgan fingerprint density at radius 2 is 1.77 bits per heavy atom. The minimum absolute atomic E-state index is 0.120. The fourth-order valence-electron chi connectivity index (χ4n) is 5.22. The van der Waals surface area contributed by atoms with Crippen molar-refractivity contribution in [2.75, 3.05) is 37.4 Å². The van der Waals surface area contributed by atoms with E-state index in [-0.39, 0.29) is 36.1 Å². The number of hydrogen-bond acceptors (Lipinski definition) is 5. The highest BCUT2D eigenvalue weighted by molar-refractivity contribution is 6.02. The number of nitrogens with zero attached hydrogens (tertiary/aromatic N) is 2. The van der Waals surface area contributed by atoms with E-state index >= 15 is 0 Å². The molecule has 5 amide bonds. The summed E-state index contributed by atoms with van der Waals surface area (Å²) >= 11 is 0. The summed E-state index contributed by atoms with van der Waals surface area (Å²) in [4.78, 5) is 42.5. The van der Waals surface area contributed by atoms with Gasteiger partial charge in [-0.05, 0) is 50.1 Å². The average molecular weight is 552 g/mol. The molecular weight excluding hydrogens is 510 g/mol. The molecule has 0 saturated heterocycles. The van der Waals surface area contributed by atoms with Crippen LogP contribution in [0.5, 0.6) is 5.75 Å². The number of aliphatic hydroxyl groups is 1. The van der Waals surface area contributed by atoms with Gasteiger partial charge in [-0.15, -0.1) is 0 Å². The number of ether oxygens (including phenoxy) is 1. The zero-order valence-electron chi connectivity index (χ0n) is 23.6. The molecule has 1 aliphatic carbocycles. The Kier molecular flexibility index (Phi) is 9.87. The lowest BCUT2D eigenvalue weighted by atomic mass is 9.96. The molecule has 10 nitrogen and oxygen atoms in total. The van der Waals surface area contributed by atoms with Crippen LogP contribution in [0.3, 0.4) is 0 Å². The van der Waals surface area contributed by atoms with Crippen LogP contribution >= 0.6 is 0 Å². The SMILES string of the molecule is C[C@H](CO)N1C[C@H](C)[C@H](CN(C)C(=O)NC2CCCCC2)Oc2ccc(NC(=O)Nc3ccccc3)cc2C1=O. The van der Waals surface area contributed by atoms with Gasteiger partial charge in [0.25, 0.3) is 5.91 Å². The van der Waals surface area contributed by atoms with Gasteiger partial charge in [-0.25, -0.2) is 9.59 Å². The van der Waals surface area contributed by atoms with E-state index in [9.17, 15) is 19.5 Å². The molecule has 0 radical (unpaired) electrons. The number of urea groups is 2. The van der Waals surface area contributed by atoms with Crippen molar-refractivity contribution in [1.82, 2.24) is 15.1 Å². The topological polar surface area (TPSA) is 123 Å². The summed E-state index contributed by atoms with van der Waals surface area (Å²) in [6.45, 7) is 4.25. The highest BCUT2D eigenvalue weighted by atomic mass is 16.5. The third kappa shape index (κ3) is 7.44. The van der Waals surface area contributed by atoms with E-state index in [1.54, 1.807) is 54.1 Å². The average Bonchev–Trinajstić information content (AvgIpc) is 2.95. The lowest BCUT2D eigenvalue weighted by Crippen LogP contribution is -2.52. The van der Waals surface area contributed by atoms with Crippen molar-refractivity contribution in [1.29, 1.82) is 0 Å². The molecular formula is C30H41N5O5. The largest absolute Gasteiger partial charge is 0.487 e. The molecule has 0 spiro atoms. The van der Waals surface area contributed by atoms with E-state index in [0.29, 0.717) is 30.2 Å². The van der Waals surface area contributed by atoms with Gasteiger partial charge < -0.3 is 35.6 Å². The normalized spacial score (nSPS) is 20.3. The molecule has 4 N–H and O–H groups in total. The number of carbonyl (C=O) groups excluding carboxylic acids is 3. The standard InChI is InChI=1S/C30H41N5O5/c1-20-17-35(21(2)19-36)28(37)25-16-24(32-29(38)31-22-10-6-4-7-11-22)14-15-26(25)40-27(20)18-34(3)30(39)33-23-12-8-5-9-13-23/h4,6-7,10-11,14-16,20-21,23,27,36H,5,8-9,12-13,17-19H2,1-3H3,(H,33,39)(H2,31,32,38)/t20-,21+,27-/m0/s1. The third-order valence-electron chi connectivity index (χ3n) is 7.69. The number of benzene rings is 2. The summed E-state index contributed by atoms with van der Waals surface area (Å²) in [5, 5.41) is 18.6. The van der Waals surface area contributed by atoms with Gasteiger partial charge in [0.05, 0.1) is 24.8 Å². The second kappa shape index (κ2) is 13.5. The Morgan fingerprint density at radius 1 is 1.07 bits per heavy atom. The number of carbonyl (C=O) groups is 3. The first-order chi connectivity index (χ1) is 19.2. The molecule has 0 bridgehead atoms. The van der Waals surface area contributed by atoms with Crippen molar-refractivity contribution in [2.24, 2.45) is 5.92 Å². The number of amides is 5. The summed E-state index contributed by atoms with van der Waals surface area (Å²) in [6, 6.07) is 13.2. The van der Waals surface area contributed by atoms with Gasteiger partial charge in [0.1, 0.15) is 11.9 Å². The molecule has 10 heteroatoms. The Balaban J connectivity index is 1.53. The number of likely N-dealkylation sites (N-methyl/N-ethyl adjacent to an activating group) is 1. The maximum atomic E-state index is 13.7. The number of rotatable bonds is 7. The molecule has 0 aromatic heterocycles. The van der Waals surface area contributed by atoms with Crippen LogP contribution < -0.4 is 20.7 Å². The van der Waals surface area contributed by atoms with Crippen LogP contribution in [-0.2, 0) is 0 Å². The third-order valence-corrected chi connectivity index (χ3v) is 7.69. The van der Waals surface area contributed by atoms with Crippen molar-refractivity contribution < 1.29 is 24.2 Å². The molecule has 2 aromatic carbocycles. The van der Waals surface area contributed by atoms with Crippen LogP contribution in [0.4, 0.5) is 21.0 Å². The van der Waals surface area contributed by atoms with E-state index in [2.05, 4.69) is 16.0 Å². The first kappa shape index (κ1) is 29.2. The quantitative estimate of drug-likeness (QED) is 0.403. The monoisotopic (exact) mass is 551 g/mol. The zero-order valence-corrected chi connectivity index (χ0v) is 23.6. The molecule has 1 heterocycles. The minimum atomic E-state index is -0.442. The van der Waals surface area contributed by atoms with Gasteiger partial charge >= 0.3 is 12.1 Å². The number of aliphatic hydroxyl groups excluding tert-OH is 1. The maximum Gasteiger partial charge on any atom is 0.323 e. The van der Waals surface area contributed by atoms with Crippen molar-refractivity contribution in [3.8, 4) is 5.75 Å². The van der Waals surface area contributed by atoms with Crippen LogP contribution in [0.2, 0.25) is 0 Å². The van der Waals surface area contributed by atoms with Crippen LogP contribution in [-0.4, -0.2) is 77.8 Å². The molecule has 0 unspecified atom stereocenters. The summed E-state index contributed by atoms with van der Waals surface area (Å²) in [5.41, 5.74) is 1.35. The molecule has 1 saturated carbocycles. The Morgan fingerprint density at radius 3 is 2.48 bits per heavy atom. The van der Waals surface area contributed by atoms with Crippen molar-refractivity contribution >= 4 is 29.3 Å². The maximum absolute atomic E-state index is 13.7. The van der Waals surface area contributed by atoms with E-state index in [1.807, 2.05) is 25.1 Å².